The molecule has 1 saturated heterocycles. The average molecular weight is 328 g/mol. The standard InChI is InChI=1S/C19H24N2O3/c1-15-4-2-5-16(12-15)13-19(22)20-14-17(18-6-3-9-24-18)21-7-10-23-11-8-21/h2-6,9,12,17H,7-8,10-11,13-14H2,1H3,(H,20,22). The van der Waals surface area contributed by atoms with E-state index < -0.39 is 0 Å². The maximum Gasteiger partial charge on any atom is 0.224 e. The van der Waals surface area contributed by atoms with E-state index in [1.807, 2.05) is 43.3 Å². The molecule has 1 fully saturated rings. The van der Waals surface area contributed by atoms with Crippen LogP contribution < -0.4 is 5.32 Å². The van der Waals surface area contributed by atoms with E-state index in [1.54, 1.807) is 6.26 Å². The monoisotopic (exact) mass is 328 g/mol. The van der Waals surface area contributed by atoms with Crippen LogP contribution in [0.25, 0.3) is 0 Å². The van der Waals surface area contributed by atoms with Crippen LogP contribution in [-0.4, -0.2) is 43.7 Å². The fourth-order valence-electron chi connectivity index (χ4n) is 3.06. The van der Waals surface area contributed by atoms with Crippen LogP contribution in [0.5, 0.6) is 0 Å². The summed E-state index contributed by atoms with van der Waals surface area (Å²) in [5, 5.41) is 3.05. The molecule has 2 aromatic rings. The molecule has 0 spiro atoms. The lowest BCUT2D eigenvalue weighted by Crippen LogP contribution is -2.43. The molecule has 5 heteroatoms. The van der Waals surface area contributed by atoms with Crippen LogP contribution in [-0.2, 0) is 16.0 Å². The summed E-state index contributed by atoms with van der Waals surface area (Å²) < 4.78 is 11.0. The first-order valence-corrected chi connectivity index (χ1v) is 8.40. The van der Waals surface area contributed by atoms with Crippen molar-refractivity contribution in [3.63, 3.8) is 0 Å². The quantitative estimate of drug-likeness (QED) is 0.884. The van der Waals surface area contributed by atoms with Gasteiger partial charge in [0.05, 0.1) is 31.9 Å². The molecule has 5 nitrogen and oxygen atoms in total. The van der Waals surface area contributed by atoms with E-state index in [4.69, 9.17) is 9.15 Å². The van der Waals surface area contributed by atoms with Gasteiger partial charge in [-0.2, -0.15) is 0 Å². The van der Waals surface area contributed by atoms with E-state index in [9.17, 15) is 4.79 Å². The Bertz CT molecular complexity index is 648. The molecule has 0 radical (unpaired) electrons. The lowest BCUT2D eigenvalue weighted by Gasteiger charge is -2.33. The maximum absolute atomic E-state index is 12.3. The first kappa shape index (κ1) is 16.7. The van der Waals surface area contributed by atoms with Crippen molar-refractivity contribution in [3.8, 4) is 0 Å². The zero-order valence-corrected chi connectivity index (χ0v) is 14.0. The number of carbonyl (C=O) groups excluding carboxylic acids is 1. The fourth-order valence-corrected chi connectivity index (χ4v) is 3.06. The number of nitrogens with one attached hydrogen (secondary N) is 1. The van der Waals surface area contributed by atoms with Crippen LogP contribution in [0, 0.1) is 6.92 Å². The van der Waals surface area contributed by atoms with E-state index in [2.05, 4.69) is 10.2 Å². The summed E-state index contributed by atoms with van der Waals surface area (Å²) in [5.74, 6) is 0.915. The van der Waals surface area contributed by atoms with Crippen LogP contribution in [0.2, 0.25) is 0 Å². The minimum atomic E-state index is 0.0328. The van der Waals surface area contributed by atoms with Gasteiger partial charge in [-0.25, -0.2) is 0 Å². The molecule has 1 atom stereocenters. The fraction of sp³-hybridized carbons (Fsp3) is 0.421. The van der Waals surface area contributed by atoms with E-state index in [0.29, 0.717) is 26.2 Å². The van der Waals surface area contributed by atoms with Crippen LogP contribution in [0.3, 0.4) is 0 Å². The molecule has 1 amide bonds. The Morgan fingerprint density at radius 3 is 2.79 bits per heavy atom. The predicted molar refractivity (Wildman–Crippen MR) is 91.7 cm³/mol. The molecule has 128 valence electrons. The van der Waals surface area contributed by atoms with Gasteiger partial charge in [-0.05, 0) is 24.6 Å². The van der Waals surface area contributed by atoms with Crippen molar-refractivity contribution in [3.05, 3.63) is 59.5 Å². The first-order valence-electron chi connectivity index (χ1n) is 8.40. The average Bonchev–Trinajstić information content (AvgIpc) is 3.10. The number of hydrogen-bond acceptors (Lipinski definition) is 4. The van der Waals surface area contributed by atoms with Gasteiger partial charge in [-0.3, -0.25) is 9.69 Å². The van der Waals surface area contributed by atoms with E-state index >= 15 is 0 Å². The lowest BCUT2D eigenvalue weighted by atomic mass is 10.1. The number of carbonyl (C=O) groups is 1. The third-order valence-electron chi connectivity index (χ3n) is 4.30. The summed E-state index contributed by atoms with van der Waals surface area (Å²) >= 11 is 0. The second kappa shape index (κ2) is 8.13. The van der Waals surface area contributed by atoms with Crippen LogP contribution in [0.4, 0.5) is 0 Å². The SMILES string of the molecule is Cc1cccc(CC(=O)NCC(c2ccco2)N2CCOCC2)c1. The van der Waals surface area contributed by atoms with Crippen molar-refractivity contribution in [2.45, 2.75) is 19.4 Å². The van der Waals surface area contributed by atoms with E-state index in [1.165, 1.54) is 5.56 Å². The highest BCUT2D eigenvalue weighted by Crippen LogP contribution is 2.21. The molecule has 1 aliphatic rings. The Morgan fingerprint density at radius 1 is 1.25 bits per heavy atom. The van der Waals surface area contributed by atoms with Crippen LogP contribution in [0.1, 0.15) is 22.9 Å². The number of benzene rings is 1. The molecule has 0 aliphatic carbocycles. The van der Waals surface area contributed by atoms with Crippen LogP contribution >= 0.6 is 0 Å². The van der Waals surface area contributed by atoms with E-state index in [-0.39, 0.29) is 11.9 Å². The van der Waals surface area contributed by atoms with Gasteiger partial charge in [0.2, 0.25) is 5.91 Å². The summed E-state index contributed by atoms with van der Waals surface area (Å²) in [6, 6.07) is 11.9. The smallest absolute Gasteiger partial charge is 0.224 e. The van der Waals surface area contributed by atoms with Crippen molar-refractivity contribution in [2.24, 2.45) is 0 Å². The molecule has 0 saturated carbocycles. The number of rotatable bonds is 6. The highest BCUT2D eigenvalue weighted by Gasteiger charge is 2.25. The summed E-state index contributed by atoms with van der Waals surface area (Å²) in [7, 11) is 0. The molecular formula is C19H24N2O3. The highest BCUT2D eigenvalue weighted by molar-refractivity contribution is 5.78. The van der Waals surface area contributed by atoms with Crippen LogP contribution in [0.15, 0.2) is 47.1 Å². The number of hydrogen-bond donors (Lipinski definition) is 1. The van der Waals surface area contributed by atoms with Crippen molar-refractivity contribution < 1.29 is 13.9 Å². The lowest BCUT2D eigenvalue weighted by molar-refractivity contribution is -0.120. The number of aryl methyl sites for hydroxylation is 1. The molecule has 2 heterocycles. The minimum absolute atomic E-state index is 0.0328. The van der Waals surface area contributed by atoms with Crippen molar-refractivity contribution in [1.82, 2.24) is 10.2 Å². The molecule has 0 bridgehead atoms. The van der Waals surface area contributed by atoms with Gasteiger partial charge in [0.15, 0.2) is 0 Å². The van der Waals surface area contributed by atoms with Gasteiger partial charge in [0, 0.05) is 19.6 Å². The van der Waals surface area contributed by atoms with Gasteiger partial charge in [-0.15, -0.1) is 0 Å². The molecule has 1 aromatic carbocycles. The normalized spacial score (nSPS) is 16.7. The summed E-state index contributed by atoms with van der Waals surface area (Å²) in [4.78, 5) is 14.6. The first-order chi connectivity index (χ1) is 11.7. The molecule has 1 aromatic heterocycles. The third kappa shape index (κ3) is 4.46. The Kier molecular flexibility index (Phi) is 5.67. The number of ether oxygens (including phenoxy) is 1. The molecular weight excluding hydrogens is 304 g/mol. The summed E-state index contributed by atoms with van der Waals surface area (Å²) in [5.41, 5.74) is 2.20. The van der Waals surface area contributed by atoms with Gasteiger partial charge >= 0.3 is 0 Å². The molecule has 3 rings (SSSR count). The van der Waals surface area contributed by atoms with Crippen molar-refractivity contribution in [2.75, 3.05) is 32.8 Å². The number of furan rings is 1. The molecule has 24 heavy (non-hydrogen) atoms. The topological polar surface area (TPSA) is 54.7 Å². The largest absolute Gasteiger partial charge is 0.468 e. The van der Waals surface area contributed by atoms with Gasteiger partial charge in [0.25, 0.3) is 0 Å². The zero-order valence-electron chi connectivity index (χ0n) is 14.0. The number of morpholine rings is 1. The Labute approximate surface area is 142 Å². The molecule has 1 unspecified atom stereocenters. The second-order valence-electron chi connectivity index (χ2n) is 6.15. The number of nitrogens with zero attached hydrogens (tertiary/aromatic N) is 1. The zero-order chi connectivity index (χ0) is 16.8. The van der Waals surface area contributed by atoms with Gasteiger partial charge < -0.3 is 14.5 Å². The van der Waals surface area contributed by atoms with Crippen molar-refractivity contribution in [1.29, 1.82) is 0 Å². The molecule has 1 aliphatic heterocycles. The third-order valence-corrected chi connectivity index (χ3v) is 4.30. The minimum Gasteiger partial charge on any atom is -0.468 e. The summed E-state index contributed by atoms with van der Waals surface area (Å²) in [6.45, 7) is 5.70. The van der Waals surface area contributed by atoms with Gasteiger partial charge in [-0.1, -0.05) is 29.8 Å². The second-order valence-corrected chi connectivity index (χ2v) is 6.15. The number of amides is 1. The molecule has 1 N–H and O–H groups in total. The van der Waals surface area contributed by atoms with Gasteiger partial charge in [0.1, 0.15) is 5.76 Å². The Morgan fingerprint density at radius 2 is 2.08 bits per heavy atom. The Hall–Kier alpha value is -2.11. The maximum atomic E-state index is 12.3. The summed E-state index contributed by atoms with van der Waals surface area (Å²) in [6.07, 6.45) is 2.08. The van der Waals surface area contributed by atoms with Crippen molar-refractivity contribution >= 4 is 5.91 Å². The predicted octanol–water partition coefficient (Wildman–Crippen LogP) is 2.32. The highest BCUT2D eigenvalue weighted by atomic mass is 16.5. The van der Waals surface area contributed by atoms with E-state index in [0.717, 1.165) is 24.4 Å². The Balaban J connectivity index is 1.59.